The van der Waals surface area contributed by atoms with E-state index >= 15 is 0 Å². The molecular formula is C18H35IN6. The van der Waals surface area contributed by atoms with Crippen LogP contribution in [0.1, 0.15) is 76.4 Å². The SMILES string of the molecule is CCCCCCCCCNC(=NC)NCc1nnc2n1CCCC2.I. The van der Waals surface area contributed by atoms with Gasteiger partial charge in [0.2, 0.25) is 0 Å². The first-order chi connectivity index (χ1) is 11.8. The summed E-state index contributed by atoms with van der Waals surface area (Å²) in [5, 5.41) is 15.4. The number of fused-ring (bicyclic) bond motifs is 1. The quantitative estimate of drug-likeness (QED) is 0.241. The van der Waals surface area contributed by atoms with E-state index in [-0.39, 0.29) is 24.0 Å². The van der Waals surface area contributed by atoms with Crippen LogP contribution in [0, 0.1) is 0 Å². The average molecular weight is 462 g/mol. The average Bonchev–Trinajstić information content (AvgIpc) is 3.03. The molecule has 0 amide bonds. The Labute approximate surface area is 169 Å². The van der Waals surface area contributed by atoms with Crippen molar-refractivity contribution in [2.24, 2.45) is 4.99 Å². The van der Waals surface area contributed by atoms with Crippen LogP contribution in [-0.2, 0) is 19.5 Å². The van der Waals surface area contributed by atoms with E-state index in [1.165, 1.54) is 57.8 Å². The Morgan fingerprint density at radius 2 is 1.80 bits per heavy atom. The number of guanidine groups is 1. The summed E-state index contributed by atoms with van der Waals surface area (Å²) in [7, 11) is 1.82. The first-order valence-corrected chi connectivity index (χ1v) is 9.70. The van der Waals surface area contributed by atoms with Gasteiger partial charge in [-0.2, -0.15) is 0 Å². The summed E-state index contributed by atoms with van der Waals surface area (Å²) in [6.45, 7) is 4.97. The van der Waals surface area contributed by atoms with Gasteiger partial charge in [-0.3, -0.25) is 4.99 Å². The highest BCUT2D eigenvalue weighted by Gasteiger charge is 2.15. The predicted molar refractivity (Wildman–Crippen MR) is 115 cm³/mol. The summed E-state index contributed by atoms with van der Waals surface area (Å²) < 4.78 is 2.25. The fourth-order valence-electron chi connectivity index (χ4n) is 3.17. The second-order valence-electron chi connectivity index (χ2n) is 6.62. The molecule has 1 aromatic heterocycles. The number of halogens is 1. The van der Waals surface area contributed by atoms with Crippen LogP contribution < -0.4 is 10.6 Å². The van der Waals surface area contributed by atoms with Crippen LogP contribution in [0.4, 0.5) is 0 Å². The van der Waals surface area contributed by atoms with E-state index in [2.05, 4.69) is 37.3 Å². The van der Waals surface area contributed by atoms with E-state index in [9.17, 15) is 0 Å². The molecule has 0 radical (unpaired) electrons. The molecule has 144 valence electrons. The summed E-state index contributed by atoms with van der Waals surface area (Å²) >= 11 is 0. The standard InChI is InChI=1S/C18H34N6.HI/c1-3-4-5-6-7-8-10-13-20-18(19-2)21-15-17-23-22-16-12-9-11-14-24(16)17;/h3-15H2,1-2H3,(H2,19,20,21);1H. The van der Waals surface area contributed by atoms with Gasteiger partial charge in [-0.15, -0.1) is 34.2 Å². The molecule has 0 aromatic carbocycles. The lowest BCUT2D eigenvalue weighted by Gasteiger charge is -2.16. The lowest BCUT2D eigenvalue weighted by molar-refractivity contribution is 0.504. The number of nitrogens with zero attached hydrogens (tertiary/aromatic N) is 4. The van der Waals surface area contributed by atoms with Gasteiger partial charge < -0.3 is 15.2 Å². The highest BCUT2D eigenvalue weighted by molar-refractivity contribution is 14.0. The zero-order valence-electron chi connectivity index (χ0n) is 15.9. The van der Waals surface area contributed by atoms with Gasteiger partial charge >= 0.3 is 0 Å². The van der Waals surface area contributed by atoms with E-state index in [4.69, 9.17) is 0 Å². The van der Waals surface area contributed by atoms with Crippen LogP contribution >= 0.6 is 24.0 Å². The molecule has 6 nitrogen and oxygen atoms in total. The van der Waals surface area contributed by atoms with Crippen molar-refractivity contribution >= 4 is 29.9 Å². The molecule has 0 bridgehead atoms. The molecule has 1 aromatic rings. The van der Waals surface area contributed by atoms with Gasteiger partial charge in [0.05, 0.1) is 6.54 Å². The van der Waals surface area contributed by atoms with Gasteiger partial charge in [-0.05, 0) is 19.3 Å². The maximum absolute atomic E-state index is 4.32. The zero-order chi connectivity index (χ0) is 17.0. The molecule has 0 atom stereocenters. The summed E-state index contributed by atoms with van der Waals surface area (Å²) in [5.74, 6) is 3.00. The van der Waals surface area contributed by atoms with E-state index in [0.717, 1.165) is 37.1 Å². The van der Waals surface area contributed by atoms with E-state index in [0.29, 0.717) is 6.54 Å². The highest BCUT2D eigenvalue weighted by Crippen LogP contribution is 2.13. The minimum Gasteiger partial charge on any atom is -0.356 e. The van der Waals surface area contributed by atoms with Crippen LogP contribution in [0.3, 0.4) is 0 Å². The molecule has 0 saturated heterocycles. The van der Waals surface area contributed by atoms with E-state index < -0.39 is 0 Å². The monoisotopic (exact) mass is 462 g/mol. The molecule has 0 aliphatic carbocycles. The molecule has 7 heteroatoms. The fourth-order valence-corrected chi connectivity index (χ4v) is 3.17. The largest absolute Gasteiger partial charge is 0.356 e. The number of hydrogen-bond acceptors (Lipinski definition) is 3. The third kappa shape index (κ3) is 7.92. The minimum atomic E-state index is 0. The number of aliphatic imine (C=N–C) groups is 1. The van der Waals surface area contributed by atoms with Crippen molar-refractivity contribution in [1.82, 2.24) is 25.4 Å². The van der Waals surface area contributed by atoms with Crippen molar-refractivity contribution in [3.63, 3.8) is 0 Å². The molecule has 0 fully saturated rings. The van der Waals surface area contributed by atoms with Crippen LogP contribution in [0.25, 0.3) is 0 Å². The Hall–Kier alpha value is -0.860. The van der Waals surface area contributed by atoms with Crippen LogP contribution in [0.2, 0.25) is 0 Å². The van der Waals surface area contributed by atoms with Crippen molar-refractivity contribution in [3.8, 4) is 0 Å². The van der Waals surface area contributed by atoms with E-state index in [1.54, 1.807) is 0 Å². The van der Waals surface area contributed by atoms with Crippen LogP contribution in [0.15, 0.2) is 4.99 Å². The number of unbranched alkanes of at least 4 members (excludes halogenated alkanes) is 6. The third-order valence-corrected chi connectivity index (χ3v) is 4.65. The van der Waals surface area contributed by atoms with Crippen molar-refractivity contribution in [2.75, 3.05) is 13.6 Å². The minimum absolute atomic E-state index is 0. The lowest BCUT2D eigenvalue weighted by atomic mass is 10.1. The van der Waals surface area contributed by atoms with Crippen LogP contribution in [0.5, 0.6) is 0 Å². The third-order valence-electron chi connectivity index (χ3n) is 4.65. The smallest absolute Gasteiger partial charge is 0.191 e. The number of aryl methyl sites for hydroxylation is 1. The van der Waals surface area contributed by atoms with Crippen LogP contribution in [-0.4, -0.2) is 34.3 Å². The molecule has 0 unspecified atom stereocenters. The van der Waals surface area contributed by atoms with Crippen molar-refractivity contribution < 1.29 is 0 Å². The topological polar surface area (TPSA) is 67.1 Å². The van der Waals surface area contributed by atoms with Gasteiger partial charge in [-0.25, -0.2) is 0 Å². The zero-order valence-corrected chi connectivity index (χ0v) is 18.2. The van der Waals surface area contributed by atoms with E-state index in [1.807, 2.05) is 7.05 Å². The summed E-state index contributed by atoms with van der Waals surface area (Å²) in [4.78, 5) is 4.29. The van der Waals surface area contributed by atoms with Gasteiger partial charge in [0, 0.05) is 26.6 Å². The Balaban J connectivity index is 0.00000312. The summed E-state index contributed by atoms with van der Waals surface area (Å²) in [5.41, 5.74) is 0. The Morgan fingerprint density at radius 3 is 2.56 bits per heavy atom. The fraction of sp³-hybridized carbons (Fsp3) is 0.833. The van der Waals surface area contributed by atoms with Gasteiger partial charge in [0.15, 0.2) is 11.8 Å². The maximum atomic E-state index is 4.32. The van der Waals surface area contributed by atoms with Gasteiger partial charge in [0.1, 0.15) is 5.82 Å². The number of aromatic nitrogens is 3. The molecule has 0 saturated carbocycles. The number of hydrogen-bond donors (Lipinski definition) is 2. The van der Waals surface area contributed by atoms with Gasteiger partial charge in [-0.1, -0.05) is 45.4 Å². The molecule has 1 aliphatic heterocycles. The lowest BCUT2D eigenvalue weighted by Crippen LogP contribution is -2.38. The maximum Gasteiger partial charge on any atom is 0.191 e. The molecule has 2 rings (SSSR count). The molecule has 2 N–H and O–H groups in total. The highest BCUT2D eigenvalue weighted by atomic mass is 127. The first kappa shape index (κ1) is 22.2. The Bertz CT molecular complexity index is 500. The number of nitrogens with one attached hydrogen (secondary N) is 2. The van der Waals surface area contributed by atoms with Crippen molar-refractivity contribution in [2.45, 2.75) is 84.2 Å². The predicted octanol–water partition coefficient (Wildman–Crippen LogP) is 3.65. The molecule has 0 spiro atoms. The molecular weight excluding hydrogens is 427 g/mol. The van der Waals surface area contributed by atoms with Crippen molar-refractivity contribution in [1.29, 1.82) is 0 Å². The number of rotatable bonds is 10. The second kappa shape index (κ2) is 13.4. The normalized spacial score (nSPS) is 13.9. The van der Waals surface area contributed by atoms with Crippen molar-refractivity contribution in [3.05, 3.63) is 11.6 Å². The Kier molecular flexibility index (Phi) is 11.9. The second-order valence-corrected chi connectivity index (χ2v) is 6.62. The molecule has 25 heavy (non-hydrogen) atoms. The van der Waals surface area contributed by atoms with Gasteiger partial charge in [0.25, 0.3) is 0 Å². The molecule has 2 heterocycles. The summed E-state index contributed by atoms with van der Waals surface area (Å²) in [6.07, 6.45) is 12.8. The summed E-state index contributed by atoms with van der Waals surface area (Å²) in [6, 6.07) is 0. The first-order valence-electron chi connectivity index (χ1n) is 9.70. The Morgan fingerprint density at radius 1 is 1.04 bits per heavy atom. The molecule has 1 aliphatic rings.